The molecule has 0 N–H and O–H groups in total. The molecule has 70 valence electrons. The molecule has 0 saturated heterocycles. The molecule has 0 bridgehead atoms. The van der Waals surface area contributed by atoms with Gasteiger partial charge in [0.15, 0.2) is 0 Å². The molecule has 1 aromatic carbocycles. The van der Waals surface area contributed by atoms with E-state index in [4.69, 9.17) is 4.74 Å². The van der Waals surface area contributed by atoms with Crippen LogP contribution in [0, 0.1) is 5.92 Å². The van der Waals surface area contributed by atoms with Crippen LogP contribution in [0.15, 0.2) is 30.3 Å². The summed E-state index contributed by atoms with van der Waals surface area (Å²) in [6.45, 7) is 3.06. The Hall–Kier alpha value is -0.820. The molecule has 0 aromatic heterocycles. The normalized spacial score (nSPS) is 26.8. The Balaban J connectivity index is 1.74. The van der Waals surface area contributed by atoms with Crippen LogP contribution in [-0.4, -0.2) is 6.10 Å². The molecule has 1 aliphatic rings. The van der Waals surface area contributed by atoms with E-state index in [1.165, 1.54) is 18.4 Å². The van der Waals surface area contributed by atoms with Crippen LogP contribution in [0.4, 0.5) is 0 Å². The Morgan fingerprint density at radius 2 is 1.92 bits per heavy atom. The second kappa shape index (κ2) is 3.93. The van der Waals surface area contributed by atoms with Crippen molar-refractivity contribution < 1.29 is 4.74 Å². The van der Waals surface area contributed by atoms with E-state index in [9.17, 15) is 0 Å². The molecule has 0 amide bonds. The number of benzene rings is 1. The van der Waals surface area contributed by atoms with Crippen molar-refractivity contribution >= 4 is 0 Å². The summed E-state index contributed by atoms with van der Waals surface area (Å²) in [5.74, 6) is 0.876. The van der Waals surface area contributed by atoms with Gasteiger partial charge in [-0.3, -0.25) is 0 Å². The third kappa shape index (κ3) is 2.31. The summed E-state index contributed by atoms with van der Waals surface area (Å²) in [6, 6.07) is 10.4. The Kier molecular flexibility index (Phi) is 2.65. The van der Waals surface area contributed by atoms with Gasteiger partial charge in [0.25, 0.3) is 0 Å². The largest absolute Gasteiger partial charge is 0.374 e. The van der Waals surface area contributed by atoms with E-state index in [-0.39, 0.29) is 0 Å². The number of hydrogen-bond donors (Lipinski definition) is 0. The van der Waals surface area contributed by atoms with Crippen molar-refractivity contribution in [2.75, 3.05) is 0 Å². The maximum atomic E-state index is 5.73. The first-order chi connectivity index (χ1) is 6.34. The van der Waals surface area contributed by atoms with Gasteiger partial charge in [0.1, 0.15) is 0 Å². The predicted octanol–water partition coefficient (Wildman–Crippen LogP) is 3.00. The fourth-order valence-corrected chi connectivity index (χ4v) is 1.75. The third-order valence-corrected chi connectivity index (χ3v) is 2.66. The van der Waals surface area contributed by atoms with E-state index in [0.29, 0.717) is 6.10 Å². The van der Waals surface area contributed by atoms with Gasteiger partial charge in [-0.05, 0) is 24.3 Å². The molecule has 1 fully saturated rings. The van der Waals surface area contributed by atoms with Crippen LogP contribution >= 0.6 is 0 Å². The average molecular weight is 176 g/mol. The molecule has 1 aromatic rings. The fourth-order valence-electron chi connectivity index (χ4n) is 1.75. The maximum Gasteiger partial charge on any atom is 0.0720 e. The summed E-state index contributed by atoms with van der Waals surface area (Å²) in [6.07, 6.45) is 3.01. The molecule has 13 heavy (non-hydrogen) atoms. The highest BCUT2D eigenvalue weighted by Gasteiger charge is 2.25. The standard InChI is InChI=1S/C12H16O/c1-10-7-12(8-10)13-9-11-5-3-2-4-6-11/h2-6,10,12H,7-9H2,1H3/t10-,12-. The summed E-state index contributed by atoms with van der Waals surface area (Å²) < 4.78 is 5.73. The molecule has 0 unspecified atom stereocenters. The van der Waals surface area contributed by atoms with E-state index in [2.05, 4.69) is 31.2 Å². The van der Waals surface area contributed by atoms with Crippen molar-refractivity contribution in [3.05, 3.63) is 35.9 Å². The van der Waals surface area contributed by atoms with Gasteiger partial charge in [0.2, 0.25) is 0 Å². The summed E-state index contributed by atoms with van der Waals surface area (Å²) in [4.78, 5) is 0. The predicted molar refractivity (Wildman–Crippen MR) is 53.4 cm³/mol. The Morgan fingerprint density at radius 1 is 1.23 bits per heavy atom. The van der Waals surface area contributed by atoms with Crippen molar-refractivity contribution in [2.45, 2.75) is 32.5 Å². The average Bonchev–Trinajstić information content (AvgIpc) is 2.12. The molecule has 0 radical (unpaired) electrons. The second-order valence-electron chi connectivity index (χ2n) is 4.00. The van der Waals surface area contributed by atoms with Gasteiger partial charge < -0.3 is 4.74 Å². The van der Waals surface area contributed by atoms with Crippen molar-refractivity contribution in [3.63, 3.8) is 0 Å². The van der Waals surface area contributed by atoms with Crippen molar-refractivity contribution in [2.24, 2.45) is 5.92 Å². The summed E-state index contributed by atoms with van der Waals surface area (Å²) in [5.41, 5.74) is 1.28. The molecule has 0 heterocycles. The van der Waals surface area contributed by atoms with Gasteiger partial charge in [0, 0.05) is 0 Å². The van der Waals surface area contributed by atoms with Crippen LogP contribution in [-0.2, 0) is 11.3 Å². The lowest BCUT2D eigenvalue weighted by atomic mass is 9.84. The zero-order chi connectivity index (χ0) is 9.10. The highest BCUT2D eigenvalue weighted by atomic mass is 16.5. The SMILES string of the molecule is C[C@H]1C[C@H](OCc2ccccc2)C1. The smallest absolute Gasteiger partial charge is 0.0720 e. The van der Waals surface area contributed by atoms with Gasteiger partial charge in [-0.15, -0.1) is 0 Å². The molecule has 0 atom stereocenters. The summed E-state index contributed by atoms with van der Waals surface area (Å²) >= 11 is 0. The minimum absolute atomic E-state index is 0.523. The van der Waals surface area contributed by atoms with E-state index >= 15 is 0 Å². The fraction of sp³-hybridized carbons (Fsp3) is 0.500. The van der Waals surface area contributed by atoms with Gasteiger partial charge >= 0.3 is 0 Å². The molecule has 1 nitrogen and oxygen atoms in total. The van der Waals surface area contributed by atoms with Crippen LogP contribution in [0.2, 0.25) is 0 Å². The van der Waals surface area contributed by atoms with Crippen molar-refractivity contribution in [3.8, 4) is 0 Å². The van der Waals surface area contributed by atoms with Crippen molar-refractivity contribution in [1.82, 2.24) is 0 Å². The quantitative estimate of drug-likeness (QED) is 0.688. The molecule has 2 rings (SSSR count). The van der Waals surface area contributed by atoms with Crippen LogP contribution < -0.4 is 0 Å². The first-order valence-electron chi connectivity index (χ1n) is 5.00. The lowest BCUT2D eigenvalue weighted by molar-refractivity contribution is -0.0352. The minimum atomic E-state index is 0.523. The van der Waals surface area contributed by atoms with Gasteiger partial charge in [0.05, 0.1) is 12.7 Å². The molecule has 1 saturated carbocycles. The zero-order valence-electron chi connectivity index (χ0n) is 8.07. The van der Waals surface area contributed by atoms with Crippen LogP contribution in [0.1, 0.15) is 25.3 Å². The highest BCUT2D eigenvalue weighted by Crippen LogP contribution is 2.29. The lowest BCUT2D eigenvalue weighted by Gasteiger charge is -2.32. The molecular weight excluding hydrogens is 160 g/mol. The Morgan fingerprint density at radius 3 is 2.54 bits per heavy atom. The van der Waals surface area contributed by atoms with E-state index in [0.717, 1.165) is 12.5 Å². The van der Waals surface area contributed by atoms with Crippen LogP contribution in [0.25, 0.3) is 0 Å². The van der Waals surface area contributed by atoms with Crippen molar-refractivity contribution in [1.29, 1.82) is 0 Å². The van der Waals surface area contributed by atoms with E-state index in [1.807, 2.05) is 6.07 Å². The van der Waals surface area contributed by atoms with E-state index < -0.39 is 0 Å². The second-order valence-corrected chi connectivity index (χ2v) is 4.00. The summed E-state index contributed by atoms with van der Waals surface area (Å²) in [5, 5.41) is 0. The van der Waals surface area contributed by atoms with Crippen LogP contribution in [0.3, 0.4) is 0 Å². The van der Waals surface area contributed by atoms with Gasteiger partial charge in [-0.1, -0.05) is 37.3 Å². The first-order valence-corrected chi connectivity index (χ1v) is 5.00. The first kappa shape index (κ1) is 8.76. The van der Waals surface area contributed by atoms with Gasteiger partial charge in [-0.25, -0.2) is 0 Å². The monoisotopic (exact) mass is 176 g/mol. The minimum Gasteiger partial charge on any atom is -0.374 e. The third-order valence-electron chi connectivity index (χ3n) is 2.66. The number of hydrogen-bond acceptors (Lipinski definition) is 1. The lowest BCUT2D eigenvalue weighted by Crippen LogP contribution is -2.29. The Bertz CT molecular complexity index is 249. The van der Waals surface area contributed by atoms with Crippen LogP contribution in [0.5, 0.6) is 0 Å². The summed E-state index contributed by atoms with van der Waals surface area (Å²) in [7, 11) is 0. The van der Waals surface area contributed by atoms with E-state index in [1.54, 1.807) is 0 Å². The maximum absolute atomic E-state index is 5.73. The molecule has 1 aliphatic carbocycles. The highest BCUT2D eigenvalue weighted by molar-refractivity contribution is 5.13. The molecule has 0 spiro atoms. The topological polar surface area (TPSA) is 9.23 Å². The zero-order valence-corrected chi connectivity index (χ0v) is 8.07. The molecule has 1 heteroatoms. The molecule has 0 aliphatic heterocycles. The Labute approximate surface area is 79.7 Å². The number of rotatable bonds is 3. The number of ether oxygens (including phenoxy) is 1. The molecular formula is C12H16O. The van der Waals surface area contributed by atoms with Gasteiger partial charge in [-0.2, -0.15) is 0 Å².